The number of rotatable bonds is 10. The number of anilines is 3. The monoisotopic (exact) mass is 729 g/mol. The zero-order chi connectivity index (χ0) is 36.5. The van der Waals surface area contributed by atoms with Crippen LogP contribution in [0.15, 0.2) is 41.3 Å². The van der Waals surface area contributed by atoms with Crippen molar-refractivity contribution in [3.05, 3.63) is 74.3 Å². The number of imide groups is 1. The third-order valence-corrected chi connectivity index (χ3v) is 10.4. The summed E-state index contributed by atoms with van der Waals surface area (Å²) in [5, 5.41) is 12.2. The predicted octanol–water partition coefficient (Wildman–Crippen LogP) is 2.09. The third-order valence-electron chi connectivity index (χ3n) is 10.1. The van der Waals surface area contributed by atoms with Crippen molar-refractivity contribution in [1.82, 2.24) is 30.1 Å². The Morgan fingerprint density at radius 1 is 1.10 bits per heavy atom. The Labute approximate surface area is 304 Å². The number of benzene rings is 1. The van der Waals surface area contributed by atoms with Crippen LogP contribution in [0.5, 0.6) is 5.75 Å². The maximum atomic E-state index is 13.0. The summed E-state index contributed by atoms with van der Waals surface area (Å²) < 4.78 is 7.03. The number of fused-ring (bicyclic) bond motifs is 2. The van der Waals surface area contributed by atoms with Crippen molar-refractivity contribution in [2.24, 2.45) is 13.0 Å². The van der Waals surface area contributed by atoms with Gasteiger partial charge >= 0.3 is 0 Å². The van der Waals surface area contributed by atoms with Crippen LogP contribution in [0.25, 0.3) is 6.08 Å². The number of aromatic nitrogens is 3. The standard InChI is InChI=1S/C36H40ClN9O6/c1-38-31(48)19-52-29-15-21-13-24(4-6-27(21)44(2)35(29)51)41-32-26(37)17-40-36(43-32)45-11-9-20(10-12-45)16-39-23-3-5-25-22(14-23)18-46(34(25)50)28-7-8-30(47)42-33(28)49/h3-6,14-15,17,20,24,28,39H,7-13,16,18-19H2,1-2H3,(H,38,48)(H,40,41,43)(H,42,47,49). The van der Waals surface area contributed by atoms with E-state index in [1.807, 2.05) is 30.4 Å². The lowest BCUT2D eigenvalue weighted by Crippen LogP contribution is -2.52. The molecule has 2 fully saturated rings. The topological polar surface area (TPSA) is 180 Å². The smallest absolute Gasteiger partial charge is 0.293 e. The van der Waals surface area contributed by atoms with Gasteiger partial charge in [-0.2, -0.15) is 4.98 Å². The molecule has 16 heteroatoms. The van der Waals surface area contributed by atoms with E-state index in [-0.39, 0.29) is 48.1 Å². The molecule has 4 aliphatic rings. The van der Waals surface area contributed by atoms with Crippen LogP contribution in [-0.2, 0) is 34.4 Å². The Morgan fingerprint density at radius 2 is 1.90 bits per heavy atom. The molecule has 3 aliphatic heterocycles. The number of nitrogens with zero attached hydrogens (tertiary/aromatic N) is 5. The molecule has 2 saturated heterocycles. The van der Waals surface area contributed by atoms with E-state index in [1.54, 1.807) is 24.2 Å². The normalized spacial score (nSPS) is 19.9. The van der Waals surface area contributed by atoms with Crippen LogP contribution >= 0.6 is 11.6 Å². The zero-order valence-electron chi connectivity index (χ0n) is 28.9. The van der Waals surface area contributed by atoms with Gasteiger partial charge < -0.3 is 35.1 Å². The summed E-state index contributed by atoms with van der Waals surface area (Å²) in [6.45, 7) is 2.41. The predicted molar refractivity (Wildman–Crippen MR) is 194 cm³/mol. The van der Waals surface area contributed by atoms with Crippen LogP contribution in [0, 0.1) is 5.92 Å². The summed E-state index contributed by atoms with van der Waals surface area (Å²) in [4.78, 5) is 74.5. The van der Waals surface area contributed by atoms with Gasteiger partial charge in [-0.25, -0.2) is 4.98 Å². The van der Waals surface area contributed by atoms with Crippen molar-refractivity contribution in [2.75, 3.05) is 48.8 Å². The number of hydrogen-bond acceptors (Lipinski definition) is 11. The highest BCUT2D eigenvalue weighted by Gasteiger charge is 2.39. The summed E-state index contributed by atoms with van der Waals surface area (Å²) in [5.74, 6) is 0.417. The van der Waals surface area contributed by atoms with Gasteiger partial charge in [-0.05, 0) is 73.1 Å². The number of carbonyl (C=O) groups excluding carboxylic acids is 4. The molecule has 0 radical (unpaired) electrons. The van der Waals surface area contributed by atoms with Crippen LogP contribution in [0.4, 0.5) is 17.5 Å². The number of piperidine rings is 2. The van der Waals surface area contributed by atoms with Crippen molar-refractivity contribution in [3.63, 3.8) is 0 Å². The highest BCUT2D eigenvalue weighted by atomic mass is 35.5. The molecule has 2 unspecified atom stereocenters. The number of hydrogen-bond donors (Lipinski definition) is 4. The Morgan fingerprint density at radius 3 is 2.67 bits per heavy atom. The fraction of sp³-hybridized carbons (Fsp3) is 0.417. The lowest BCUT2D eigenvalue weighted by Gasteiger charge is -2.32. The second-order valence-corrected chi connectivity index (χ2v) is 13.9. The van der Waals surface area contributed by atoms with Crippen LogP contribution in [0.2, 0.25) is 5.02 Å². The van der Waals surface area contributed by atoms with E-state index in [1.165, 1.54) is 11.6 Å². The Bertz CT molecular complexity index is 2030. The van der Waals surface area contributed by atoms with E-state index >= 15 is 0 Å². The SMILES string of the molecule is CNC(=O)COc1cc2c(n(C)c1=O)C=CC(Nc1nc(N3CCC(CNc4ccc5c(c4)CN(C4CCC(=O)NC4=O)C5=O)CC3)ncc1Cl)C2. The van der Waals surface area contributed by atoms with Gasteiger partial charge in [0.25, 0.3) is 17.4 Å². The van der Waals surface area contributed by atoms with Crippen molar-refractivity contribution in [2.45, 2.75) is 50.7 Å². The summed E-state index contributed by atoms with van der Waals surface area (Å²) in [6, 6.07) is 6.58. The first-order valence-electron chi connectivity index (χ1n) is 17.4. The number of pyridine rings is 1. The molecule has 1 aliphatic carbocycles. The second-order valence-electron chi connectivity index (χ2n) is 13.5. The Balaban J connectivity index is 0.926. The van der Waals surface area contributed by atoms with E-state index in [0.29, 0.717) is 47.7 Å². The Hall–Kier alpha value is -5.44. The van der Waals surface area contributed by atoms with E-state index in [2.05, 4.69) is 31.2 Å². The Kier molecular flexibility index (Phi) is 9.86. The number of amides is 4. The van der Waals surface area contributed by atoms with E-state index < -0.39 is 11.9 Å². The minimum absolute atomic E-state index is 0.113. The second kappa shape index (κ2) is 14.7. The average molecular weight is 730 g/mol. The van der Waals surface area contributed by atoms with Crippen molar-refractivity contribution < 1.29 is 23.9 Å². The summed E-state index contributed by atoms with van der Waals surface area (Å²) in [7, 11) is 3.18. The minimum Gasteiger partial charge on any atom is -0.478 e. The molecule has 0 spiro atoms. The molecule has 52 heavy (non-hydrogen) atoms. The molecule has 15 nitrogen and oxygen atoms in total. The van der Waals surface area contributed by atoms with Gasteiger partial charge in [0, 0.05) is 63.6 Å². The van der Waals surface area contributed by atoms with Gasteiger partial charge in [0.05, 0.1) is 12.2 Å². The quantitative estimate of drug-likeness (QED) is 0.225. The largest absolute Gasteiger partial charge is 0.478 e. The first-order chi connectivity index (χ1) is 25.1. The first kappa shape index (κ1) is 35.0. The molecule has 2 atom stereocenters. The highest BCUT2D eigenvalue weighted by molar-refractivity contribution is 6.32. The molecule has 1 aromatic carbocycles. The van der Waals surface area contributed by atoms with Crippen molar-refractivity contribution in [1.29, 1.82) is 0 Å². The van der Waals surface area contributed by atoms with Crippen LogP contribution in [0.1, 0.15) is 52.9 Å². The van der Waals surface area contributed by atoms with Gasteiger partial charge in [0.2, 0.25) is 17.8 Å². The van der Waals surface area contributed by atoms with Crippen molar-refractivity contribution in [3.8, 4) is 5.75 Å². The van der Waals surface area contributed by atoms with Gasteiger partial charge in [-0.3, -0.25) is 29.3 Å². The van der Waals surface area contributed by atoms with Crippen LogP contribution in [-0.4, -0.2) is 88.4 Å². The fourth-order valence-corrected chi connectivity index (χ4v) is 7.31. The molecule has 5 heterocycles. The van der Waals surface area contributed by atoms with Gasteiger partial charge in [0.1, 0.15) is 11.1 Å². The molecule has 4 amide bonds. The first-order valence-corrected chi connectivity index (χ1v) is 17.8. The van der Waals surface area contributed by atoms with E-state index in [0.717, 1.165) is 55.0 Å². The molecule has 272 valence electrons. The lowest BCUT2D eigenvalue weighted by atomic mass is 9.96. The molecule has 0 bridgehead atoms. The lowest BCUT2D eigenvalue weighted by molar-refractivity contribution is -0.137. The fourth-order valence-electron chi connectivity index (χ4n) is 7.17. The minimum atomic E-state index is -0.632. The van der Waals surface area contributed by atoms with Gasteiger partial charge in [0.15, 0.2) is 18.2 Å². The molecule has 7 rings (SSSR count). The van der Waals surface area contributed by atoms with Crippen LogP contribution < -0.4 is 36.5 Å². The number of halogens is 1. The maximum Gasteiger partial charge on any atom is 0.293 e. The van der Waals surface area contributed by atoms with Gasteiger partial charge in [-0.1, -0.05) is 17.7 Å². The molecular weight excluding hydrogens is 690 g/mol. The molecular formula is C36H40ClN9O6. The van der Waals surface area contributed by atoms with E-state index in [4.69, 9.17) is 21.3 Å². The number of likely N-dealkylation sites (N-methyl/N-ethyl adjacent to an activating group) is 1. The summed E-state index contributed by atoms with van der Waals surface area (Å²) in [5.41, 5.74) is 3.72. The third kappa shape index (κ3) is 7.17. The molecule has 3 aromatic rings. The zero-order valence-corrected chi connectivity index (χ0v) is 29.7. The molecule has 4 N–H and O–H groups in total. The summed E-state index contributed by atoms with van der Waals surface area (Å²) in [6.07, 6.45) is 8.43. The summed E-state index contributed by atoms with van der Waals surface area (Å²) >= 11 is 6.54. The molecule has 0 saturated carbocycles. The van der Waals surface area contributed by atoms with Gasteiger partial charge in [-0.15, -0.1) is 0 Å². The molecule has 2 aromatic heterocycles. The number of ether oxygens (including phenoxy) is 1. The van der Waals surface area contributed by atoms with Crippen LogP contribution in [0.3, 0.4) is 0 Å². The van der Waals surface area contributed by atoms with Crippen molar-refractivity contribution >= 4 is 58.8 Å². The number of nitrogens with one attached hydrogen (secondary N) is 4. The van der Waals surface area contributed by atoms with E-state index in [9.17, 15) is 24.0 Å². The highest BCUT2D eigenvalue weighted by Crippen LogP contribution is 2.31. The maximum absolute atomic E-state index is 13.0. The number of carbonyl (C=O) groups is 4. The average Bonchev–Trinajstić information content (AvgIpc) is 3.47.